The highest BCUT2D eigenvalue weighted by Gasteiger charge is 2.34. The minimum atomic E-state index is -1.31. The van der Waals surface area contributed by atoms with E-state index < -0.39 is 24.4 Å². The van der Waals surface area contributed by atoms with Gasteiger partial charge in [0.15, 0.2) is 0 Å². The summed E-state index contributed by atoms with van der Waals surface area (Å²) in [4.78, 5) is 0. The van der Waals surface area contributed by atoms with Crippen molar-refractivity contribution >= 4 is 0 Å². The highest BCUT2D eigenvalue weighted by molar-refractivity contribution is 5.20. The van der Waals surface area contributed by atoms with E-state index in [1.165, 1.54) is 6.08 Å². The monoisotopic (exact) mass is 175 g/mol. The number of nitrogens with two attached hydrogens (primary N) is 1. The fourth-order valence-electron chi connectivity index (χ4n) is 1.22. The van der Waals surface area contributed by atoms with Crippen LogP contribution in [0.1, 0.15) is 0 Å². The van der Waals surface area contributed by atoms with E-state index in [9.17, 15) is 10.2 Å². The maximum Gasteiger partial charge on any atom is 0.111 e. The van der Waals surface area contributed by atoms with Crippen LogP contribution >= 0.6 is 0 Å². The zero-order valence-electron chi connectivity index (χ0n) is 6.46. The quantitative estimate of drug-likeness (QED) is 0.279. The molecule has 0 aliphatic heterocycles. The first-order valence-electron chi connectivity index (χ1n) is 3.69. The molecule has 4 atom stereocenters. The second-order valence-electron chi connectivity index (χ2n) is 2.90. The largest absolute Gasteiger partial charge is 0.392 e. The molecule has 1 unspecified atom stereocenters. The van der Waals surface area contributed by atoms with E-state index in [2.05, 4.69) is 0 Å². The predicted octanol–water partition coefficient (Wildman–Crippen LogP) is -2.67. The molecule has 0 heterocycles. The second kappa shape index (κ2) is 3.51. The summed E-state index contributed by atoms with van der Waals surface area (Å²) in [6.07, 6.45) is -2.34. The van der Waals surface area contributed by atoms with Gasteiger partial charge in [-0.2, -0.15) is 0 Å². The molecule has 70 valence electrons. The van der Waals surface area contributed by atoms with Gasteiger partial charge >= 0.3 is 0 Å². The van der Waals surface area contributed by atoms with Crippen LogP contribution in [0.5, 0.6) is 0 Å². The Balaban J connectivity index is 2.84. The van der Waals surface area contributed by atoms with Gasteiger partial charge in [0.2, 0.25) is 0 Å². The molecule has 0 spiro atoms. The first-order chi connectivity index (χ1) is 5.57. The fraction of sp³-hybridized carbons (Fsp3) is 0.714. The van der Waals surface area contributed by atoms with E-state index in [4.69, 9.17) is 15.9 Å². The van der Waals surface area contributed by atoms with Crippen molar-refractivity contribution in [3.63, 3.8) is 0 Å². The van der Waals surface area contributed by atoms with Crippen LogP contribution in [0.25, 0.3) is 0 Å². The van der Waals surface area contributed by atoms with Crippen molar-refractivity contribution in [2.75, 3.05) is 6.61 Å². The molecule has 0 fully saturated rings. The van der Waals surface area contributed by atoms with Gasteiger partial charge < -0.3 is 26.2 Å². The van der Waals surface area contributed by atoms with Gasteiger partial charge in [-0.05, 0) is 5.57 Å². The number of hydrogen-bond acceptors (Lipinski definition) is 5. The van der Waals surface area contributed by atoms with Crippen LogP contribution in [0.4, 0.5) is 0 Å². The maximum absolute atomic E-state index is 9.23. The van der Waals surface area contributed by atoms with Gasteiger partial charge in [-0.3, -0.25) is 0 Å². The first kappa shape index (κ1) is 9.63. The van der Waals surface area contributed by atoms with Crippen molar-refractivity contribution in [2.45, 2.75) is 24.4 Å². The van der Waals surface area contributed by atoms with Crippen LogP contribution in [0.3, 0.4) is 0 Å². The maximum atomic E-state index is 9.23. The molecule has 1 aliphatic rings. The standard InChI is InChI=1S/C7H13NO4/c8-4-1-3(2-9)5(10)7(12)6(4)11/h1,4-7,9-12H,2,8H2/t4-,5+,6-,7?/m1/s1. The van der Waals surface area contributed by atoms with Gasteiger partial charge in [0, 0.05) is 0 Å². The zero-order valence-corrected chi connectivity index (χ0v) is 6.46. The highest BCUT2D eigenvalue weighted by Crippen LogP contribution is 2.18. The number of aliphatic hydroxyl groups is 4. The van der Waals surface area contributed by atoms with E-state index in [1.807, 2.05) is 0 Å². The van der Waals surface area contributed by atoms with Gasteiger partial charge in [-0.15, -0.1) is 0 Å². The molecular formula is C7H13NO4. The Morgan fingerprint density at radius 1 is 1.25 bits per heavy atom. The van der Waals surface area contributed by atoms with Gasteiger partial charge in [0.05, 0.1) is 12.6 Å². The molecule has 0 saturated carbocycles. The molecular weight excluding hydrogens is 162 g/mol. The van der Waals surface area contributed by atoms with Crippen LogP contribution in [-0.4, -0.2) is 51.4 Å². The second-order valence-corrected chi connectivity index (χ2v) is 2.90. The molecule has 0 radical (unpaired) electrons. The predicted molar refractivity (Wildman–Crippen MR) is 41.2 cm³/mol. The lowest BCUT2D eigenvalue weighted by atomic mass is 9.89. The number of aliphatic hydroxyl groups excluding tert-OH is 4. The molecule has 12 heavy (non-hydrogen) atoms. The van der Waals surface area contributed by atoms with Crippen LogP contribution in [0.15, 0.2) is 11.6 Å². The Morgan fingerprint density at radius 3 is 2.33 bits per heavy atom. The molecule has 1 aliphatic carbocycles. The van der Waals surface area contributed by atoms with Gasteiger partial charge in [0.25, 0.3) is 0 Å². The van der Waals surface area contributed by atoms with Gasteiger partial charge in [-0.25, -0.2) is 0 Å². The summed E-state index contributed by atoms with van der Waals surface area (Å²) in [7, 11) is 0. The van der Waals surface area contributed by atoms with Crippen LogP contribution < -0.4 is 5.73 Å². The van der Waals surface area contributed by atoms with Crippen LogP contribution in [0, 0.1) is 0 Å². The molecule has 0 saturated heterocycles. The molecule has 5 heteroatoms. The molecule has 0 amide bonds. The minimum Gasteiger partial charge on any atom is -0.392 e. The zero-order chi connectivity index (χ0) is 9.30. The van der Waals surface area contributed by atoms with E-state index in [0.717, 1.165) is 0 Å². The summed E-state index contributed by atoms with van der Waals surface area (Å²) >= 11 is 0. The molecule has 0 aromatic carbocycles. The lowest BCUT2D eigenvalue weighted by Gasteiger charge is -2.32. The Bertz CT molecular complexity index is 194. The first-order valence-corrected chi connectivity index (χ1v) is 3.69. The summed E-state index contributed by atoms with van der Waals surface area (Å²) in [6.45, 7) is -0.362. The Morgan fingerprint density at radius 2 is 1.83 bits per heavy atom. The fourth-order valence-corrected chi connectivity index (χ4v) is 1.22. The third-order valence-electron chi connectivity index (χ3n) is 2.04. The lowest BCUT2D eigenvalue weighted by molar-refractivity contribution is -0.0596. The smallest absolute Gasteiger partial charge is 0.111 e. The molecule has 6 N–H and O–H groups in total. The SMILES string of the molecule is N[C@@H]1C=C(CO)[C@H](O)C(O)[C@@H]1O. The van der Waals surface area contributed by atoms with Crippen molar-refractivity contribution in [1.82, 2.24) is 0 Å². The average molecular weight is 175 g/mol. The van der Waals surface area contributed by atoms with Crippen molar-refractivity contribution in [1.29, 1.82) is 0 Å². The number of hydrogen-bond donors (Lipinski definition) is 5. The minimum absolute atomic E-state index is 0.250. The van der Waals surface area contributed by atoms with E-state index in [1.54, 1.807) is 0 Å². The average Bonchev–Trinajstić information content (AvgIpc) is 2.08. The topological polar surface area (TPSA) is 107 Å². The Hall–Kier alpha value is -0.460. The van der Waals surface area contributed by atoms with Crippen molar-refractivity contribution in [3.05, 3.63) is 11.6 Å². The summed E-state index contributed by atoms with van der Waals surface area (Å²) < 4.78 is 0. The molecule has 5 nitrogen and oxygen atoms in total. The van der Waals surface area contributed by atoms with Crippen molar-refractivity contribution in [2.24, 2.45) is 5.73 Å². The van der Waals surface area contributed by atoms with Gasteiger partial charge in [-0.1, -0.05) is 6.08 Å². The molecule has 0 bridgehead atoms. The van der Waals surface area contributed by atoms with Crippen LogP contribution in [0.2, 0.25) is 0 Å². The number of rotatable bonds is 1. The molecule has 1 rings (SSSR count). The van der Waals surface area contributed by atoms with E-state index in [-0.39, 0.29) is 12.2 Å². The van der Waals surface area contributed by atoms with Crippen molar-refractivity contribution < 1.29 is 20.4 Å². The van der Waals surface area contributed by atoms with Crippen molar-refractivity contribution in [3.8, 4) is 0 Å². The molecule has 0 aromatic rings. The summed E-state index contributed by atoms with van der Waals surface area (Å²) in [5, 5.41) is 36.3. The Labute approximate surface area is 69.8 Å². The van der Waals surface area contributed by atoms with Crippen LogP contribution in [-0.2, 0) is 0 Å². The summed E-state index contributed by atoms with van der Waals surface area (Å²) in [5.41, 5.74) is 5.64. The summed E-state index contributed by atoms with van der Waals surface area (Å²) in [5.74, 6) is 0. The normalized spacial score (nSPS) is 42.6. The van der Waals surface area contributed by atoms with E-state index >= 15 is 0 Å². The molecule has 0 aromatic heterocycles. The van der Waals surface area contributed by atoms with Gasteiger partial charge in [0.1, 0.15) is 18.3 Å². The highest BCUT2D eigenvalue weighted by atomic mass is 16.4. The lowest BCUT2D eigenvalue weighted by Crippen LogP contribution is -2.52. The third kappa shape index (κ3) is 1.50. The van der Waals surface area contributed by atoms with E-state index in [0.29, 0.717) is 0 Å². The third-order valence-corrected chi connectivity index (χ3v) is 2.04. The Kier molecular flexibility index (Phi) is 2.81. The summed E-state index contributed by atoms with van der Waals surface area (Å²) in [6, 6.07) is -0.731.